The van der Waals surface area contributed by atoms with E-state index in [0.29, 0.717) is 25.8 Å². The number of terminal acetylenes is 1. The first kappa shape index (κ1) is 83.4. The molecule has 0 saturated carbocycles. The molecule has 0 aliphatic carbocycles. The van der Waals surface area contributed by atoms with E-state index in [4.69, 9.17) is 35.2 Å². The van der Waals surface area contributed by atoms with Gasteiger partial charge in [0.2, 0.25) is 53.2 Å². The molecule has 1 heterocycles. The molecule has 1 aliphatic rings. The van der Waals surface area contributed by atoms with Crippen molar-refractivity contribution in [2.45, 2.75) is 181 Å². The third kappa shape index (κ3) is 29.4. The molecule has 0 spiro atoms. The van der Waals surface area contributed by atoms with Gasteiger partial charge >= 0.3 is 11.9 Å². The van der Waals surface area contributed by atoms with Gasteiger partial charge in [0.1, 0.15) is 24.2 Å². The highest BCUT2D eigenvalue weighted by Crippen LogP contribution is 2.30. The number of esters is 1. The number of hydrogen-bond donors (Lipinski definition) is 7. The molecule has 28 heteroatoms. The maximum atomic E-state index is 14.7. The molecule has 1 aliphatic heterocycles. The summed E-state index contributed by atoms with van der Waals surface area (Å²) in [6.07, 6.45) is 5.51. The Bertz CT molecular complexity index is 2680. The Hall–Kier alpha value is -7.74. The molecule has 10 amide bonds. The van der Waals surface area contributed by atoms with E-state index in [9.17, 15) is 57.5 Å². The smallest absolute Gasteiger partial charge is 0.328 e. The van der Waals surface area contributed by atoms with Gasteiger partial charge in [-0.25, -0.2) is 4.79 Å². The van der Waals surface area contributed by atoms with Crippen molar-refractivity contribution in [1.82, 2.24) is 51.5 Å². The number of aliphatic carboxylic acids is 1. The monoisotopic (exact) mass is 1340 g/mol. The zero-order valence-electron chi connectivity index (χ0n) is 58.1. The van der Waals surface area contributed by atoms with Crippen molar-refractivity contribution < 1.29 is 86.3 Å². The van der Waals surface area contributed by atoms with Crippen LogP contribution in [0.5, 0.6) is 0 Å². The highest BCUT2D eigenvalue weighted by Gasteiger charge is 2.44. The number of carbonyl (C=O) groups is 12. The zero-order chi connectivity index (χ0) is 71.3. The highest BCUT2D eigenvalue weighted by atomic mass is 16.5. The van der Waals surface area contributed by atoms with Crippen LogP contribution in [0.15, 0.2) is 30.3 Å². The number of hydrogen-bond acceptors (Lipinski definition) is 17. The van der Waals surface area contributed by atoms with E-state index in [1.54, 1.807) is 51.5 Å². The maximum absolute atomic E-state index is 14.7. The first-order chi connectivity index (χ1) is 45.1. The van der Waals surface area contributed by atoms with Crippen molar-refractivity contribution in [3.63, 3.8) is 0 Å². The first-order valence-electron chi connectivity index (χ1n) is 32.9. The van der Waals surface area contributed by atoms with Gasteiger partial charge in [-0.1, -0.05) is 85.2 Å². The fraction of sp³-hybridized carbons (Fsp3) is 0.701. The summed E-state index contributed by atoms with van der Waals surface area (Å²) in [5, 5.41) is 25.3. The zero-order valence-corrected chi connectivity index (χ0v) is 58.1. The number of carboxylic acid groups (broad SMARTS) is 1. The third-order valence-corrected chi connectivity index (χ3v) is 16.9. The summed E-state index contributed by atoms with van der Waals surface area (Å²) >= 11 is 0. The normalized spacial score (nSPS) is 15.6. The molecule has 1 fully saturated rings. The molecule has 95 heavy (non-hydrogen) atoms. The van der Waals surface area contributed by atoms with Crippen LogP contribution in [0.2, 0.25) is 0 Å². The van der Waals surface area contributed by atoms with Gasteiger partial charge in [0, 0.05) is 99.7 Å². The van der Waals surface area contributed by atoms with Crippen LogP contribution < -0.4 is 31.9 Å². The largest absolute Gasteiger partial charge is 0.481 e. The number of carbonyl (C=O) groups excluding carboxylic acids is 11. The number of amides is 10. The summed E-state index contributed by atoms with van der Waals surface area (Å²) in [6, 6.07) is 4.27. The van der Waals surface area contributed by atoms with Gasteiger partial charge in [-0.15, -0.1) is 6.42 Å². The number of likely N-dealkylation sites (tertiary alicyclic amines) is 1. The predicted octanol–water partition coefficient (Wildman–Crippen LogP) is 1.59. The lowest BCUT2D eigenvalue weighted by molar-refractivity contribution is -0.149. The summed E-state index contributed by atoms with van der Waals surface area (Å²) in [5.41, 5.74) is 0.834. The Balaban J connectivity index is 1.90. The minimum absolute atomic E-state index is 0.000117. The average Bonchev–Trinajstić information content (AvgIpc) is 1.81. The van der Waals surface area contributed by atoms with Crippen LogP contribution in [0.3, 0.4) is 0 Å². The fourth-order valence-corrected chi connectivity index (χ4v) is 11.3. The lowest BCUT2D eigenvalue weighted by Crippen LogP contribution is -2.60. The van der Waals surface area contributed by atoms with Gasteiger partial charge in [0.15, 0.2) is 0 Å². The summed E-state index contributed by atoms with van der Waals surface area (Å²) in [6.45, 7) is 15.6. The van der Waals surface area contributed by atoms with E-state index in [1.807, 2.05) is 50.1 Å². The Kier molecular flexibility index (Phi) is 39.3. The van der Waals surface area contributed by atoms with Crippen molar-refractivity contribution in [2.24, 2.45) is 23.7 Å². The molecule has 0 radical (unpaired) electrons. The second kappa shape index (κ2) is 44.8. The topological polar surface area (TPSA) is 356 Å². The van der Waals surface area contributed by atoms with E-state index in [-0.39, 0.29) is 152 Å². The highest BCUT2D eigenvalue weighted by molar-refractivity contribution is 5.94. The predicted molar refractivity (Wildman–Crippen MR) is 352 cm³/mol. The van der Waals surface area contributed by atoms with Crippen molar-refractivity contribution in [2.75, 3.05) is 101 Å². The summed E-state index contributed by atoms with van der Waals surface area (Å²) in [5.74, 6) is -5.79. The maximum Gasteiger partial charge on any atom is 0.328 e. The van der Waals surface area contributed by atoms with Gasteiger partial charge in [-0.05, 0) is 61.8 Å². The quantitative estimate of drug-likeness (QED) is 0.0277. The number of likely N-dealkylation sites (N-methyl/N-ethyl adjacent to an activating group) is 2. The number of rotatable bonds is 46. The summed E-state index contributed by atoms with van der Waals surface area (Å²) in [4.78, 5) is 163. The molecule has 1 saturated heterocycles. The van der Waals surface area contributed by atoms with Crippen LogP contribution >= 0.6 is 0 Å². The molecular weight excluding hydrogens is 1230 g/mol. The average molecular weight is 1340 g/mol. The molecule has 534 valence electrons. The Morgan fingerprint density at radius 3 is 1.91 bits per heavy atom. The Morgan fingerprint density at radius 1 is 0.684 bits per heavy atom. The number of carboxylic acids is 1. The van der Waals surface area contributed by atoms with Crippen LogP contribution in [0, 0.1) is 36.0 Å². The summed E-state index contributed by atoms with van der Waals surface area (Å²) in [7, 11) is 7.39. The van der Waals surface area contributed by atoms with Crippen LogP contribution in [0.25, 0.3) is 0 Å². The van der Waals surface area contributed by atoms with Crippen LogP contribution in [-0.2, 0) is 87.6 Å². The number of nitrogens with one attached hydrogen (secondary N) is 6. The molecule has 0 bridgehead atoms. The van der Waals surface area contributed by atoms with Gasteiger partial charge in [-0.2, -0.15) is 0 Å². The summed E-state index contributed by atoms with van der Waals surface area (Å²) < 4.78 is 28.0. The Morgan fingerprint density at radius 2 is 1.32 bits per heavy atom. The van der Waals surface area contributed by atoms with Crippen molar-refractivity contribution in [3.05, 3.63) is 35.9 Å². The molecule has 2 rings (SSSR count). The molecular formula is C67H108N10O18. The van der Waals surface area contributed by atoms with Crippen LogP contribution in [0.1, 0.15) is 132 Å². The molecule has 10 atom stereocenters. The molecule has 28 nitrogen and oxygen atoms in total. The van der Waals surface area contributed by atoms with Gasteiger partial charge < -0.3 is 80.3 Å². The standard InChI is InChI=1S/C67H108N10O18/c1-15-45(7)61(51(91-12)42-57(83)77-34-22-25-50(77)62(92-13)46(8)63(86)72-49(67(90)93-14)41-48-23-18-17-19-24-48)75(11)66(89)59(43(3)4)73-65(88)60(44(5)6)74(10)55(81)26-20-32-70-64(87)47(9)71-54(80)30-37-94-39-40-95-38-33-69-53(79)28-35-76(36-29-58(84)85)56(82)27-21-31-68-52(78)16-2/h2,17-19,23-24,43-47,49-51,59-62H,15,20-22,25-42H2,1,3-14H3,(H,68,78)(H,69,79)(H,70,87)(H,71,80)(H,72,86)(H,73,88)(H,84,85)/t45-,46+,47?,49-,50-,51+,59-,60+,61-,62+/m0/s1. The third-order valence-electron chi connectivity index (χ3n) is 16.9. The van der Waals surface area contributed by atoms with Gasteiger partial charge in [0.25, 0.3) is 5.91 Å². The lowest BCUT2D eigenvalue weighted by Gasteiger charge is -2.41. The molecule has 7 N–H and O–H groups in total. The van der Waals surface area contributed by atoms with Crippen LogP contribution in [-0.4, -0.2) is 245 Å². The first-order valence-corrected chi connectivity index (χ1v) is 32.9. The Labute approximate surface area is 560 Å². The van der Waals surface area contributed by atoms with E-state index < -0.39 is 108 Å². The van der Waals surface area contributed by atoms with Gasteiger partial charge in [-0.3, -0.25) is 52.7 Å². The lowest BCUT2D eigenvalue weighted by atomic mass is 9.89. The molecule has 1 aromatic carbocycles. The molecule has 1 unspecified atom stereocenters. The minimum Gasteiger partial charge on any atom is -0.481 e. The fourth-order valence-electron chi connectivity index (χ4n) is 11.3. The van der Waals surface area contributed by atoms with Crippen molar-refractivity contribution in [3.8, 4) is 12.3 Å². The minimum atomic E-state index is -1.10. The number of methoxy groups -OCH3 is 3. The number of nitrogens with zero attached hydrogens (tertiary/aromatic N) is 4. The van der Waals surface area contributed by atoms with Crippen molar-refractivity contribution in [1.29, 1.82) is 0 Å². The second-order valence-electron chi connectivity index (χ2n) is 24.6. The molecule has 0 aromatic heterocycles. The van der Waals surface area contributed by atoms with Gasteiger partial charge in [0.05, 0.1) is 76.6 Å². The van der Waals surface area contributed by atoms with E-state index in [1.165, 1.54) is 45.1 Å². The SMILES string of the molecule is C#CC(=O)NCCCC(=O)N(CCC(=O)O)CCC(=O)NCCOCCOCCC(=O)NC(C)C(=O)NCCCC(=O)N(C)[C@@H](C(=O)N[C@H](C(=O)N(C)[C@@H]([C@@H](C)CC)[C@@H](CC(=O)N1CCC[C@H]1[C@H](OC)[C@@H](C)C(=O)N[C@@H](Cc1ccccc1)C(=O)OC)OC)C(C)C)C(C)C. The van der Waals surface area contributed by atoms with E-state index in [0.717, 1.165) is 5.56 Å². The van der Waals surface area contributed by atoms with Crippen LogP contribution in [0.4, 0.5) is 0 Å². The number of ether oxygens (including phenoxy) is 5. The van der Waals surface area contributed by atoms with E-state index >= 15 is 0 Å². The van der Waals surface area contributed by atoms with E-state index in [2.05, 4.69) is 31.9 Å². The molecule has 1 aromatic rings. The van der Waals surface area contributed by atoms with Crippen molar-refractivity contribution >= 4 is 71.0 Å². The second-order valence-corrected chi connectivity index (χ2v) is 24.6. The number of benzene rings is 1.